The van der Waals surface area contributed by atoms with E-state index in [0.29, 0.717) is 12.8 Å². The zero-order valence-corrected chi connectivity index (χ0v) is 17.5. The lowest BCUT2D eigenvalue weighted by Crippen LogP contribution is -2.40. The standard InChI is InChI=1S/C23H32N2O5/c1-4-6-13-22(28)30-20(18-11-8-7-9-12-18)15-24-23(29)19(10-5-2)14-21(27)25-17(3)16-26/h4-5,7-9,11-12,17,19-20,26H,1-2,6,10,13-16H2,3H3,(H,24,29)(H,25,27)/t17-,19+,20-/m1/s1. The highest BCUT2D eigenvalue weighted by Crippen LogP contribution is 2.18. The van der Waals surface area contributed by atoms with Crippen LogP contribution < -0.4 is 10.6 Å². The average Bonchev–Trinajstić information content (AvgIpc) is 2.75. The molecule has 3 atom stereocenters. The van der Waals surface area contributed by atoms with Crippen LogP contribution in [0, 0.1) is 5.92 Å². The lowest BCUT2D eigenvalue weighted by atomic mass is 9.99. The molecule has 30 heavy (non-hydrogen) atoms. The van der Waals surface area contributed by atoms with Gasteiger partial charge in [0, 0.05) is 18.9 Å². The molecule has 0 aromatic heterocycles. The zero-order chi connectivity index (χ0) is 22.4. The van der Waals surface area contributed by atoms with Crippen LogP contribution >= 0.6 is 0 Å². The number of benzene rings is 1. The summed E-state index contributed by atoms with van der Waals surface area (Å²) in [6.07, 6.45) is 3.60. The van der Waals surface area contributed by atoms with Gasteiger partial charge in [-0.3, -0.25) is 14.4 Å². The Balaban J connectivity index is 2.76. The Bertz CT molecular complexity index is 705. The second kappa shape index (κ2) is 14.1. The number of ether oxygens (including phenoxy) is 1. The monoisotopic (exact) mass is 416 g/mol. The van der Waals surface area contributed by atoms with Gasteiger partial charge in [0.1, 0.15) is 6.10 Å². The highest BCUT2D eigenvalue weighted by Gasteiger charge is 2.24. The van der Waals surface area contributed by atoms with Crippen molar-refractivity contribution in [3.8, 4) is 0 Å². The van der Waals surface area contributed by atoms with E-state index in [4.69, 9.17) is 9.84 Å². The highest BCUT2D eigenvalue weighted by atomic mass is 16.5. The van der Waals surface area contributed by atoms with Gasteiger partial charge in [-0.1, -0.05) is 42.5 Å². The number of esters is 1. The Morgan fingerprint density at radius 2 is 1.87 bits per heavy atom. The molecule has 1 aromatic carbocycles. The van der Waals surface area contributed by atoms with Crippen LogP contribution in [0.25, 0.3) is 0 Å². The first kappa shape index (κ1) is 25.1. The van der Waals surface area contributed by atoms with Gasteiger partial charge in [-0.05, 0) is 25.3 Å². The molecule has 164 valence electrons. The molecule has 0 saturated heterocycles. The van der Waals surface area contributed by atoms with Crippen molar-refractivity contribution in [2.45, 2.75) is 44.8 Å². The lowest BCUT2D eigenvalue weighted by Gasteiger charge is -2.21. The molecule has 1 aromatic rings. The van der Waals surface area contributed by atoms with E-state index in [1.165, 1.54) is 0 Å². The van der Waals surface area contributed by atoms with E-state index in [1.54, 1.807) is 19.1 Å². The molecule has 0 saturated carbocycles. The summed E-state index contributed by atoms with van der Waals surface area (Å²) in [6.45, 7) is 8.82. The van der Waals surface area contributed by atoms with Gasteiger partial charge in [-0.25, -0.2) is 0 Å². The first-order chi connectivity index (χ1) is 14.4. The largest absolute Gasteiger partial charge is 0.456 e. The van der Waals surface area contributed by atoms with Crippen molar-refractivity contribution in [2.75, 3.05) is 13.2 Å². The normalized spacial score (nSPS) is 13.4. The molecule has 1 rings (SSSR count). The van der Waals surface area contributed by atoms with Crippen LogP contribution in [0.5, 0.6) is 0 Å². The van der Waals surface area contributed by atoms with E-state index in [-0.39, 0.29) is 49.8 Å². The van der Waals surface area contributed by atoms with Crippen molar-refractivity contribution in [1.82, 2.24) is 10.6 Å². The fraction of sp³-hybridized carbons (Fsp3) is 0.435. The second-order valence-electron chi connectivity index (χ2n) is 7.04. The smallest absolute Gasteiger partial charge is 0.306 e. The van der Waals surface area contributed by atoms with E-state index in [2.05, 4.69) is 23.8 Å². The van der Waals surface area contributed by atoms with Gasteiger partial charge in [-0.15, -0.1) is 13.2 Å². The third kappa shape index (κ3) is 9.52. The SMILES string of the molecule is C=CCCC(=O)O[C@H](CNC(=O)[C@@H](CC=C)CC(=O)N[C@H](C)CO)c1ccccc1. The summed E-state index contributed by atoms with van der Waals surface area (Å²) in [5, 5.41) is 14.5. The summed E-state index contributed by atoms with van der Waals surface area (Å²) in [5.41, 5.74) is 0.763. The van der Waals surface area contributed by atoms with E-state index in [1.807, 2.05) is 30.3 Å². The Morgan fingerprint density at radius 1 is 1.17 bits per heavy atom. The topological polar surface area (TPSA) is 105 Å². The van der Waals surface area contributed by atoms with Gasteiger partial charge in [0.15, 0.2) is 0 Å². The fourth-order valence-corrected chi connectivity index (χ4v) is 2.76. The van der Waals surface area contributed by atoms with Crippen molar-refractivity contribution in [3.05, 3.63) is 61.2 Å². The molecule has 7 nitrogen and oxygen atoms in total. The molecule has 0 aliphatic carbocycles. The predicted octanol–water partition coefficient (Wildman–Crippen LogP) is 2.43. The van der Waals surface area contributed by atoms with Gasteiger partial charge >= 0.3 is 5.97 Å². The number of allylic oxidation sites excluding steroid dienone is 2. The van der Waals surface area contributed by atoms with E-state index < -0.39 is 12.0 Å². The second-order valence-corrected chi connectivity index (χ2v) is 7.04. The number of hydrogen-bond donors (Lipinski definition) is 3. The molecule has 3 N–H and O–H groups in total. The van der Waals surface area contributed by atoms with E-state index in [9.17, 15) is 14.4 Å². The molecule has 0 fully saturated rings. The van der Waals surface area contributed by atoms with Crippen LogP contribution in [0.1, 0.15) is 44.3 Å². The minimum atomic E-state index is -0.639. The molecule has 0 aliphatic heterocycles. The third-order valence-electron chi connectivity index (χ3n) is 4.39. The van der Waals surface area contributed by atoms with Gasteiger partial charge in [0.25, 0.3) is 0 Å². The maximum absolute atomic E-state index is 12.7. The first-order valence-corrected chi connectivity index (χ1v) is 10.0. The Kier molecular flexibility index (Phi) is 11.8. The maximum Gasteiger partial charge on any atom is 0.306 e. The Hall–Kier alpha value is -2.93. The van der Waals surface area contributed by atoms with Crippen LogP contribution in [-0.2, 0) is 19.1 Å². The first-order valence-electron chi connectivity index (χ1n) is 10.0. The molecule has 7 heteroatoms. The van der Waals surface area contributed by atoms with E-state index >= 15 is 0 Å². The minimum Gasteiger partial charge on any atom is -0.456 e. The number of nitrogens with one attached hydrogen (secondary N) is 2. The van der Waals surface area contributed by atoms with Gasteiger partial charge < -0.3 is 20.5 Å². The van der Waals surface area contributed by atoms with Crippen LogP contribution in [0.15, 0.2) is 55.6 Å². The van der Waals surface area contributed by atoms with Crippen LogP contribution in [0.3, 0.4) is 0 Å². The summed E-state index contributed by atoms with van der Waals surface area (Å²) in [6, 6.07) is 8.77. The molecule has 0 aliphatic rings. The number of hydrogen-bond acceptors (Lipinski definition) is 5. The molecule has 0 bridgehead atoms. The number of rotatable bonds is 14. The van der Waals surface area contributed by atoms with Gasteiger partial charge in [0.2, 0.25) is 11.8 Å². The molecular formula is C23H32N2O5. The van der Waals surface area contributed by atoms with Crippen molar-refractivity contribution < 1.29 is 24.2 Å². The Labute approximate surface area is 178 Å². The van der Waals surface area contributed by atoms with Crippen LogP contribution in [-0.4, -0.2) is 42.1 Å². The van der Waals surface area contributed by atoms with Gasteiger partial charge in [0.05, 0.1) is 19.1 Å². The van der Waals surface area contributed by atoms with Gasteiger partial charge in [-0.2, -0.15) is 0 Å². The van der Waals surface area contributed by atoms with Crippen molar-refractivity contribution in [2.24, 2.45) is 5.92 Å². The predicted molar refractivity (Wildman–Crippen MR) is 115 cm³/mol. The molecule has 0 heterocycles. The quantitative estimate of drug-likeness (QED) is 0.319. The number of carbonyl (C=O) groups excluding carboxylic acids is 3. The number of carbonyl (C=O) groups is 3. The lowest BCUT2D eigenvalue weighted by molar-refractivity contribution is -0.150. The van der Waals surface area contributed by atoms with Crippen LogP contribution in [0.4, 0.5) is 0 Å². The molecule has 0 unspecified atom stereocenters. The fourth-order valence-electron chi connectivity index (χ4n) is 2.76. The van der Waals surface area contributed by atoms with Crippen molar-refractivity contribution in [3.63, 3.8) is 0 Å². The van der Waals surface area contributed by atoms with Crippen molar-refractivity contribution in [1.29, 1.82) is 0 Å². The summed E-state index contributed by atoms with van der Waals surface area (Å²) in [5.74, 6) is -1.64. The highest BCUT2D eigenvalue weighted by molar-refractivity contribution is 5.86. The molecule has 0 radical (unpaired) electrons. The number of amides is 2. The summed E-state index contributed by atoms with van der Waals surface area (Å²) >= 11 is 0. The summed E-state index contributed by atoms with van der Waals surface area (Å²) < 4.78 is 5.55. The van der Waals surface area contributed by atoms with Crippen LogP contribution in [0.2, 0.25) is 0 Å². The zero-order valence-electron chi connectivity index (χ0n) is 17.5. The van der Waals surface area contributed by atoms with Crippen molar-refractivity contribution >= 4 is 17.8 Å². The third-order valence-corrected chi connectivity index (χ3v) is 4.39. The minimum absolute atomic E-state index is 0.0304. The number of aliphatic hydroxyl groups is 1. The molecule has 0 spiro atoms. The summed E-state index contributed by atoms with van der Waals surface area (Å²) in [7, 11) is 0. The summed E-state index contributed by atoms with van der Waals surface area (Å²) in [4.78, 5) is 36.8. The maximum atomic E-state index is 12.7. The number of aliphatic hydroxyl groups excluding tert-OH is 1. The molecule has 2 amide bonds. The van der Waals surface area contributed by atoms with E-state index in [0.717, 1.165) is 5.56 Å². The molecular weight excluding hydrogens is 384 g/mol. The average molecular weight is 417 g/mol. The Morgan fingerprint density at radius 3 is 2.47 bits per heavy atom.